The summed E-state index contributed by atoms with van der Waals surface area (Å²) >= 11 is 0. The van der Waals surface area contributed by atoms with Gasteiger partial charge in [-0.15, -0.1) is 0 Å². The Labute approximate surface area is 104 Å². The molecule has 5 heteroatoms. The van der Waals surface area contributed by atoms with Gasteiger partial charge in [-0.2, -0.15) is 5.10 Å². The fraction of sp³-hybridized carbons (Fsp3) is 0.0769. The second-order valence-corrected chi connectivity index (χ2v) is 4.02. The van der Waals surface area contributed by atoms with Gasteiger partial charge < -0.3 is 10.5 Å². The van der Waals surface area contributed by atoms with Gasteiger partial charge in [0, 0.05) is 18.5 Å². The Morgan fingerprint density at radius 1 is 1.17 bits per heavy atom. The molecule has 0 amide bonds. The molecule has 0 spiro atoms. The lowest BCUT2D eigenvalue weighted by molar-refractivity contribution is 0.464. The van der Waals surface area contributed by atoms with Crippen molar-refractivity contribution in [2.24, 2.45) is 7.05 Å². The van der Waals surface area contributed by atoms with Crippen LogP contribution in [0.4, 0.5) is 5.69 Å². The van der Waals surface area contributed by atoms with Crippen molar-refractivity contribution in [2.45, 2.75) is 0 Å². The van der Waals surface area contributed by atoms with E-state index in [9.17, 15) is 0 Å². The zero-order valence-electron chi connectivity index (χ0n) is 9.87. The number of ether oxygens (including phenoxy) is 1. The summed E-state index contributed by atoms with van der Waals surface area (Å²) in [5.41, 5.74) is 7.25. The molecule has 2 aromatic heterocycles. The minimum Gasteiger partial charge on any atom is -0.439 e. The molecule has 3 aromatic rings. The topological polar surface area (TPSA) is 66.0 Å². The van der Waals surface area contributed by atoms with Crippen molar-refractivity contribution in [1.29, 1.82) is 0 Å². The van der Waals surface area contributed by atoms with Gasteiger partial charge in [-0.25, -0.2) is 4.98 Å². The first-order valence-corrected chi connectivity index (χ1v) is 5.53. The van der Waals surface area contributed by atoms with E-state index in [1.54, 1.807) is 24.5 Å². The number of aryl methyl sites for hydroxylation is 1. The molecule has 3 rings (SSSR count). The molecular formula is C13H12N4O. The maximum absolute atomic E-state index is 5.65. The van der Waals surface area contributed by atoms with E-state index in [0.717, 1.165) is 16.7 Å². The van der Waals surface area contributed by atoms with Gasteiger partial charge in [-0.1, -0.05) is 0 Å². The molecule has 18 heavy (non-hydrogen) atoms. The molecule has 0 saturated carbocycles. The Morgan fingerprint density at radius 2 is 2.06 bits per heavy atom. The van der Waals surface area contributed by atoms with E-state index in [1.165, 1.54) is 0 Å². The number of hydrogen-bond acceptors (Lipinski definition) is 4. The Morgan fingerprint density at radius 3 is 2.83 bits per heavy atom. The summed E-state index contributed by atoms with van der Waals surface area (Å²) in [6, 6.07) is 9.28. The molecule has 0 radical (unpaired) electrons. The first-order valence-electron chi connectivity index (χ1n) is 5.53. The molecule has 2 N–H and O–H groups in total. The number of rotatable bonds is 2. The second-order valence-electron chi connectivity index (χ2n) is 4.02. The van der Waals surface area contributed by atoms with Crippen LogP contribution >= 0.6 is 0 Å². The van der Waals surface area contributed by atoms with Crippen LogP contribution < -0.4 is 10.5 Å². The Hall–Kier alpha value is -2.56. The quantitative estimate of drug-likeness (QED) is 0.746. The monoisotopic (exact) mass is 240 g/mol. The van der Waals surface area contributed by atoms with Crippen LogP contribution in [-0.2, 0) is 7.05 Å². The fourth-order valence-corrected chi connectivity index (χ4v) is 1.78. The summed E-state index contributed by atoms with van der Waals surface area (Å²) in [6.07, 6.45) is 3.37. The Bertz CT molecular complexity index is 688. The zero-order valence-corrected chi connectivity index (χ0v) is 9.87. The van der Waals surface area contributed by atoms with Crippen molar-refractivity contribution >= 4 is 16.6 Å². The number of nitrogens with two attached hydrogens (primary N) is 1. The van der Waals surface area contributed by atoms with Gasteiger partial charge in [0.1, 0.15) is 5.75 Å². The summed E-state index contributed by atoms with van der Waals surface area (Å²) in [4.78, 5) is 4.09. The number of hydrogen-bond donors (Lipinski definition) is 1. The zero-order chi connectivity index (χ0) is 12.5. The van der Waals surface area contributed by atoms with E-state index in [1.807, 2.05) is 29.9 Å². The van der Waals surface area contributed by atoms with E-state index in [2.05, 4.69) is 10.1 Å². The highest BCUT2D eigenvalue weighted by molar-refractivity contribution is 5.80. The predicted molar refractivity (Wildman–Crippen MR) is 69.4 cm³/mol. The largest absolute Gasteiger partial charge is 0.439 e. The molecule has 0 aliphatic carbocycles. The third-order valence-electron chi connectivity index (χ3n) is 2.70. The molecule has 0 fully saturated rings. The normalized spacial score (nSPS) is 10.7. The van der Waals surface area contributed by atoms with Crippen LogP contribution in [0.5, 0.6) is 11.6 Å². The smallest absolute Gasteiger partial charge is 0.219 e. The number of nitrogen functional groups attached to an aromatic ring is 1. The molecule has 0 atom stereocenters. The maximum atomic E-state index is 5.65. The Balaban J connectivity index is 1.92. The molecule has 90 valence electrons. The van der Waals surface area contributed by atoms with Crippen molar-refractivity contribution in [3.05, 3.63) is 42.7 Å². The average Bonchev–Trinajstić information content (AvgIpc) is 2.74. The van der Waals surface area contributed by atoms with Crippen LogP contribution in [0.15, 0.2) is 42.7 Å². The van der Waals surface area contributed by atoms with Gasteiger partial charge >= 0.3 is 0 Å². The molecule has 2 heterocycles. The highest BCUT2D eigenvalue weighted by Gasteiger charge is 2.03. The van der Waals surface area contributed by atoms with Crippen LogP contribution in [0, 0.1) is 0 Å². The maximum Gasteiger partial charge on any atom is 0.219 e. The third kappa shape index (κ3) is 1.86. The first-order chi connectivity index (χ1) is 8.72. The summed E-state index contributed by atoms with van der Waals surface area (Å²) < 4.78 is 7.47. The number of pyridine rings is 1. The summed E-state index contributed by atoms with van der Waals surface area (Å²) in [7, 11) is 1.91. The highest BCUT2D eigenvalue weighted by Crippen LogP contribution is 2.24. The predicted octanol–water partition coefficient (Wildman–Crippen LogP) is 2.34. The van der Waals surface area contributed by atoms with Crippen molar-refractivity contribution in [3.8, 4) is 11.6 Å². The minimum atomic E-state index is 0.521. The summed E-state index contributed by atoms with van der Waals surface area (Å²) in [5, 5.41) is 5.22. The van der Waals surface area contributed by atoms with E-state index in [-0.39, 0.29) is 0 Å². The van der Waals surface area contributed by atoms with Gasteiger partial charge in [0.2, 0.25) is 5.88 Å². The van der Waals surface area contributed by atoms with E-state index >= 15 is 0 Å². The molecular weight excluding hydrogens is 228 g/mol. The van der Waals surface area contributed by atoms with Crippen LogP contribution in [0.1, 0.15) is 0 Å². The van der Waals surface area contributed by atoms with Crippen molar-refractivity contribution in [1.82, 2.24) is 14.8 Å². The molecule has 1 aromatic carbocycles. The van der Waals surface area contributed by atoms with Crippen LogP contribution in [0.25, 0.3) is 10.9 Å². The van der Waals surface area contributed by atoms with Crippen LogP contribution in [0.3, 0.4) is 0 Å². The molecule has 0 bridgehead atoms. The third-order valence-corrected chi connectivity index (χ3v) is 2.70. The summed E-state index contributed by atoms with van der Waals surface area (Å²) in [6.45, 7) is 0. The van der Waals surface area contributed by atoms with Crippen LogP contribution in [-0.4, -0.2) is 14.8 Å². The Kier molecular flexibility index (Phi) is 2.37. The highest BCUT2D eigenvalue weighted by atomic mass is 16.5. The summed E-state index contributed by atoms with van der Waals surface area (Å²) in [5.74, 6) is 1.25. The van der Waals surface area contributed by atoms with E-state index < -0.39 is 0 Å². The number of fused-ring (bicyclic) bond motifs is 1. The van der Waals surface area contributed by atoms with Crippen LogP contribution in [0.2, 0.25) is 0 Å². The van der Waals surface area contributed by atoms with Crippen molar-refractivity contribution in [3.63, 3.8) is 0 Å². The van der Waals surface area contributed by atoms with Crippen molar-refractivity contribution in [2.75, 3.05) is 5.73 Å². The average molecular weight is 240 g/mol. The fourth-order valence-electron chi connectivity index (χ4n) is 1.78. The van der Waals surface area contributed by atoms with Gasteiger partial charge in [-0.3, -0.25) is 4.68 Å². The van der Waals surface area contributed by atoms with Gasteiger partial charge in [0.25, 0.3) is 0 Å². The first kappa shape index (κ1) is 10.6. The lowest BCUT2D eigenvalue weighted by atomic mass is 10.2. The molecule has 0 aliphatic rings. The number of nitrogens with zero attached hydrogens (tertiary/aromatic N) is 3. The lowest BCUT2D eigenvalue weighted by Crippen LogP contribution is -1.91. The lowest BCUT2D eigenvalue weighted by Gasteiger charge is -2.04. The molecule has 0 saturated heterocycles. The van der Waals surface area contributed by atoms with Gasteiger partial charge in [0.05, 0.1) is 23.6 Å². The van der Waals surface area contributed by atoms with Gasteiger partial charge in [-0.05, 0) is 24.3 Å². The minimum absolute atomic E-state index is 0.521. The second kappa shape index (κ2) is 4.03. The van der Waals surface area contributed by atoms with Gasteiger partial charge in [0.15, 0.2) is 0 Å². The SMILES string of the molecule is Cn1ncc2cc(Oc3ccc(N)cn3)ccc21. The number of benzene rings is 1. The van der Waals surface area contributed by atoms with Crippen molar-refractivity contribution < 1.29 is 4.74 Å². The van der Waals surface area contributed by atoms with E-state index in [4.69, 9.17) is 10.5 Å². The molecule has 5 nitrogen and oxygen atoms in total. The van der Waals surface area contributed by atoms with E-state index in [0.29, 0.717) is 11.6 Å². The number of aromatic nitrogens is 3. The molecule has 0 aliphatic heterocycles. The molecule has 0 unspecified atom stereocenters. The standard InChI is InChI=1S/C13H12N4O/c1-17-12-4-3-11(6-9(12)7-16-17)18-13-5-2-10(14)8-15-13/h2-8H,14H2,1H3. The number of anilines is 1.